The summed E-state index contributed by atoms with van der Waals surface area (Å²) in [6, 6.07) is 3.79. The minimum absolute atomic E-state index is 0.148. The van der Waals surface area contributed by atoms with E-state index >= 15 is 0 Å². The van der Waals surface area contributed by atoms with Crippen LogP contribution < -0.4 is 5.56 Å². The normalized spacial score (nSPS) is 10.4. The number of nitrogens with zero attached hydrogens (tertiary/aromatic N) is 3. The first-order valence-electron chi connectivity index (χ1n) is 4.01. The van der Waals surface area contributed by atoms with Gasteiger partial charge in [0.1, 0.15) is 10.9 Å². The molecule has 0 saturated carbocycles. The van der Waals surface area contributed by atoms with E-state index in [1.165, 1.54) is 4.57 Å². The van der Waals surface area contributed by atoms with Crippen LogP contribution in [0.2, 0.25) is 0 Å². The number of aromatic nitrogens is 2. The smallest absolute Gasteiger partial charge is 0.262 e. The summed E-state index contributed by atoms with van der Waals surface area (Å²) in [4.78, 5) is 12.2. The molecular weight excluding hydrogens is 198 g/mol. The molecular formula is C9H7N3OS. The summed E-state index contributed by atoms with van der Waals surface area (Å²) in [5.74, 6) is 0. The predicted octanol–water partition coefficient (Wildman–Crippen LogP) is 1.18. The number of nitriles is 1. The van der Waals surface area contributed by atoms with Crippen molar-refractivity contribution in [3.63, 3.8) is 0 Å². The van der Waals surface area contributed by atoms with Gasteiger partial charge in [-0.25, -0.2) is 0 Å². The highest BCUT2D eigenvalue weighted by atomic mass is 32.1. The number of fused-ring (bicyclic) bond motifs is 1. The lowest BCUT2D eigenvalue weighted by Gasteiger charge is -2.01. The first-order valence-corrected chi connectivity index (χ1v) is 4.78. The van der Waals surface area contributed by atoms with Crippen LogP contribution in [0, 0.1) is 18.3 Å². The van der Waals surface area contributed by atoms with Crippen molar-refractivity contribution < 1.29 is 0 Å². The van der Waals surface area contributed by atoms with Gasteiger partial charge in [-0.2, -0.15) is 9.64 Å². The Labute approximate surface area is 84.2 Å². The summed E-state index contributed by atoms with van der Waals surface area (Å²) < 4.78 is 5.58. The van der Waals surface area contributed by atoms with Crippen LogP contribution in [0.25, 0.3) is 10.9 Å². The van der Waals surface area contributed by atoms with Crippen LogP contribution in [0.1, 0.15) is 10.6 Å². The second kappa shape index (κ2) is 2.93. The molecule has 2 heterocycles. The minimum atomic E-state index is -0.148. The van der Waals surface area contributed by atoms with Crippen molar-refractivity contribution >= 4 is 22.4 Å². The highest BCUT2D eigenvalue weighted by Gasteiger charge is 2.11. The van der Waals surface area contributed by atoms with Gasteiger partial charge in [0.25, 0.3) is 5.56 Å². The molecule has 0 unspecified atom stereocenters. The van der Waals surface area contributed by atoms with Crippen molar-refractivity contribution in [1.29, 1.82) is 5.26 Å². The lowest BCUT2D eigenvalue weighted by Crippen LogP contribution is -2.18. The van der Waals surface area contributed by atoms with Gasteiger partial charge in [0, 0.05) is 12.7 Å². The molecule has 2 aromatic heterocycles. The van der Waals surface area contributed by atoms with Gasteiger partial charge >= 0.3 is 0 Å². The zero-order valence-corrected chi connectivity index (χ0v) is 8.55. The molecule has 0 fully saturated rings. The predicted molar refractivity (Wildman–Crippen MR) is 54.3 cm³/mol. The Kier molecular flexibility index (Phi) is 1.86. The van der Waals surface area contributed by atoms with Crippen LogP contribution in [0.4, 0.5) is 0 Å². The molecule has 0 saturated heterocycles. The van der Waals surface area contributed by atoms with Crippen LogP contribution in [0.3, 0.4) is 0 Å². The molecule has 70 valence electrons. The molecule has 0 aromatic carbocycles. The van der Waals surface area contributed by atoms with E-state index in [9.17, 15) is 4.79 Å². The third kappa shape index (κ3) is 1.05. The fraction of sp³-hybridized carbons (Fsp3) is 0.222. The molecule has 0 radical (unpaired) electrons. The highest BCUT2D eigenvalue weighted by Crippen LogP contribution is 2.18. The number of rotatable bonds is 0. The molecule has 0 bridgehead atoms. The summed E-state index contributed by atoms with van der Waals surface area (Å²) in [5, 5.41) is 9.22. The van der Waals surface area contributed by atoms with Gasteiger partial charge in [0.15, 0.2) is 0 Å². The molecule has 4 nitrogen and oxygen atoms in total. The first kappa shape index (κ1) is 8.91. The summed E-state index contributed by atoms with van der Waals surface area (Å²) in [5.41, 5.74) is 1.31. The largest absolute Gasteiger partial charge is 0.315 e. The van der Waals surface area contributed by atoms with E-state index in [4.69, 9.17) is 5.26 Å². The van der Waals surface area contributed by atoms with Crippen LogP contribution in [-0.2, 0) is 7.05 Å². The lowest BCUT2D eigenvalue weighted by molar-refractivity contribution is 0.830. The fourth-order valence-electron chi connectivity index (χ4n) is 1.31. The highest BCUT2D eigenvalue weighted by molar-refractivity contribution is 7.07. The van der Waals surface area contributed by atoms with E-state index in [1.54, 1.807) is 7.05 Å². The molecule has 0 aliphatic rings. The summed E-state index contributed by atoms with van der Waals surface area (Å²) in [7, 11) is 1.69. The Morgan fingerprint density at radius 2 is 2.36 bits per heavy atom. The van der Waals surface area contributed by atoms with Crippen molar-refractivity contribution in [2.24, 2.45) is 7.05 Å². The molecule has 0 aliphatic carbocycles. The van der Waals surface area contributed by atoms with Gasteiger partial charge in [-0.1, -0.05) is 0 Å². The van der Waals surface area contributed by atoms with Crippen molar-refractivity contribution in [3.05, 3.63) is 27.0 Å². The number of aryl methyl sites for hydroxylation is 1. The van der Waals surface area contributed by atoms with Crippen molar-refractivity contribution in [3.8, 4) is 6.07 Å². The number of pyridine rings is 1. The molecule has 14 heavy (non-hydrogen) atoms. The van der Waals surface area contributed by atoms with Gasteiger partial charge in [0.2, 0.25) is 0 Å². The van der Waals surface area contributed by atoms with Crippen molar-refractivity contribution in [2.75, 3.05) is 0 Å². The van der Waals surface area contributed by atoms with Crippen LogP contribution in [0.15, 0.2) is 10.9 Å². The second-order valence-electron chi connectivity index (χ2n) is 3.03. The average Bonchev–Trinajstić information content (AvgIpc) is 2.57. The maximum atomic E-state index is 11.8. The molecule has 0 aliphatic heterocycles. The molecule has 0 amide bonds. The SMILES string of the molecule is Cc1cc2nsc(C#N)c2c(=O)n1C. The van der Waals surface area contributed by atoms with Crippen molar-refractivity contribution in [1.82, 2.24) is 8.94 Å². The van der Waals surface area contributed by atoms with Crippen LogP contribution in [0.5, 0.6) is 0 Å². The van der Waals surface area contributed by atoms with E-state index in [-0.39, 0.29) is 5.56 Å². The van der Waals surface area contributed by atoms with Crippen LogP contribution >= 0.6 is 11.5 Å². The molecule has 0 atom stereocenters. The quantitative estimate of drug-likeness (QED) is 0.648. The maximum Gasteiger partial charge on any atom is 0.262 e. The monoisotopic (exact) mass is 205 g/mol. The third-order valence-electron chi connectivity index (χ3n) is 2.21. The Balaban J connectivity index is 3.05. The Morgan fingerprint density at radius 1 is 1.64 bits per heavy atom. The minimum Gasteiger partial charge on any atom is -0.315 e. The zero-order chi connectivity index (χ0) is 10.3. The molecule has 0 spiro atoms. The Bertz CT molecular complexity index is 603. The van der Waals surface area contributed by atoms with Gasteiger partial charge in [0.05, 0.1) is 10.9 Å². The number of hydrogen-bond donors (Lipinski definition) is 0. The zero-order valence-electron chi connectivity index (χ0n) is 7.74. The van der Waals surface area contributed by atoms with Crippen molar-refractivity contribution in [2.45, 2.75) is 6.92 Å². The maximum absolute atomic E-state index is 11.8. The molecule has 2 aromatic rings. The van der Waals surface area contributed by atoms with E-state index < -0.39 is 0 Å². The third-order valence-corrected chi connectivity index (χ3v) is 2.98. The first-order chi connectivity index (χ1) is 6.65. The standard InChI is InChI=1S/C9H7N3OS/c1-5-3-6-8(9(13)12(5)2)7(4-10)14-11-6/h3H,1-2H3. The molecule has 5 heteroatoms. The van der Waals surface area contributed by atoms with E-state index in [0.717, 1.165) is 17.2 Å². The summed E-state index contributed by atoms with van der Waals surface area (Å²) in [6.07, 6.45) is 0. The fourth-order valence-corrected chi connectivity index (χ4v) is 1.96. The summed E-state index contributed by atoms with van der Waals surface area (Å²) >= 11 is 1.07. The second-order valence-corrected chi connectivity index (χ2v) is 3.81. The van der Waals surface area contributed by atoms with Gasteiger partial charge < -0.3 is 4.57 Å². The van der Waals surface area contributed by atoms with E-state index in [2.05, 4.69) is 4.37 Å². The molecule has 0 N–H and O–H groups in total. The Hall–Kier alpha value is -1.67. The summed E-state index contributed by atoms with van der Waals surface area (Å²) in [6.45, 7) is 1.84. The van der Waals surface area contributed by atoms with Gasteiger partial charge in [-0.05, 0) is 24.5 Å². The average molecular weight is 205 g/mol. The van der Waals surface area contributed by atoms with Crippen LogP contribution in [-0.4, -0.2) is 8.94 Å². The lowest BCUT2D eigenvalue weighted by atomic mass is 10.2. The Morgan fingerprint density at radius 3 is 3.00 bits per heavy atom. The topological polar surface area (TPSA) is 58.7 Å². The van der Waals surface area contributed by atoms with E-state index in [1.807, 2.05) is 19.1 Å². The van der Waals surface area contributed by atoms with Gasteiger partial charge in [-0.15, -0.1) is 0 Å². The van der Waals surface area contributed by atoms with E-state index in [0.29, 0.717) is 15.8 Å². The number of hydrogen-bond acceptors (Lipinski definition) is 4. The van der Waals surface area contributed by atoms with Gasteiger partial charge in [-0.3, -0.25) is 4.79 Å². The molecule has 2 rings (SSSR count).